The number of aromatic amines is 1. The van der Waals surface area contributed by atoms with Crippen LogP contribution >= 0.6 is 0 Å². The quantitative estimate of drug-likeness (QED) is 0.492. The van der Waals surface area contributed by atoms with Gasteiger partial charge in [-0.15, -0.1) is 0 Å². The summed E-state index contributed by atoms with van der Waals surface area (Å²) in [5, 5.41) is 2.50. The molecule has 0 spiro atoms. The van der Waals surface area contributed by atoms with Crippen LogP contribution in [0.25, 0.3) is 5.69 Å². The molecule has 1 aliphatic rings. The van der Waals surface area contributed by atoms with Crippen molar-refractivity contribution in [1.29, 1.82) is 0 Å². The van der Waals surface area contributed by atoms with Crippen molar-refractivity contribution >= 4 is 17.4 Å². The third-order valence-corrected chi connectivity index (χ3v) is 5.39. The number of amides is 1. The summed E-state index contributed by atoms with van der Waals surface area (Å²) in [4.78, 5) is 40.6. The van der Waals surface area contributed by atoms with Crippen LogP contribution < -0.4 is 19.9 Å². The van der Waals surface area contributed by atoms with Crippen molar-refractivity contribution in [1.82, 2.24) is 10.2 Å². The number of rotatable bonds is 5. The Morgan fingerprint density at radius 3 is 2.23 bits per heavy atom. The van der Waals surface area contributed by atoms with Crippen molar-refractivity contribution in [2.45, 2.75) is 6.92 Å². The number of hydrogen-bond donors (Lipinski definition) is 1. The van der Waals surface area contributed by atoms with Gasteiger partial charge in [-0.25, -0.2) is 4.79 Å². The Labute approximate surface area is 178 Å². The van der Waals surface area contributed by atoms with Crippen molar-refractivity contribution in [2.75, 3.05) is 38.2 Å². The number of anilines is 1. The first-order chi connectivity index (χ1) is 15.0. The highest BCUT2D eigenvalue weighted by molar-refractivity contribution is 5.94. The van der Waals surface area contributed by atoms with Gasteiger partial charge in [-0.1, -0.05) is 0 Å². The molecule has 1 aromatic heterocycles. The van der Waals surface area contributed by atoms with Gasteiger partial charge in [-0.05, 0) is 53.3 Å². The number of ether oxygens (including phenoxy) is 1. The molecule has 2 aromatic carbocycles. The SMILES string of the molecule is COc1ccc(-[n+]2[nH]oc(=O)c2C(=O)N2CCN(c3ccc(C(C)=O)cc3)CC2)cc1. The highest BCUT2D eigenvalue weighted by atomic mass is 16.5. The number of benzene rings is 2. The predicted octanol–water partition coefficient (Wildman–Crippen LogP) is 1.42. The number of Topliss-reactive ketones (excluding diaryl/α,β-unsaturated/α-hetero) is 1. The van der Waals surface area contributed by atoms with E-state index in [0.29, 0.717) is 43.2 Å². The molecule has 3 aromatic rings. The summed E-state index contributed by atoms with van der Waals surface area (Å²) in [5.74, 6) is 0.297. The van der Waals surface area contributed by atoms with Crippen molar-refractivity contribution < 1.29 is 23.5 Å². The minimum atomic E-state index is -0.719. The molecule has 4 rings (SSSR count). The fourth-order valence-electron chi connectivity index (χ4n) is 3.59. The maximum absolute atomic E-state index is 13.1. The third kappa shape index (κ3) is 4.07. The Morgan fingerprint density at radius 2 is 1.65 bits per heavy atom. The molecule has 1 N–H and O–H groups in total. The van der Waals surface area contributed by atoms with Crippen molar-refractivity contribution in [2.24, 2.45) is 0 Å². The molecule has 1 amide bonds. The Balaban J connectivity index is 1.48. The molecule has 9 heteroatoms. The van der Waals surface area contributed by atoms with Crippen LogP contribution in [-0.4, -0.2) is 55.2 Å². The molecule has 2 heterocycles. The number of aromatic nitrogens is 2. The average Bonchev–Trinajstić information content (AvgIpc) is 3.20. The summed E-state index contributed by atoms with van der Waals surface area (Å²) in [7, 11) is 1.56. The first-order valence-corrected chi connectivity index (χ1v) is 9.91. The van der Waals surface area contributed by atoms with E-state index in [2.05, 4.69) is 10.2 Å². The van der Waals surface area contributed by atoms with E-state index >= 15 is 0 Å². The summed E-state index contributed by atoms with van der Waals surface area (Å²) in [6.07, 6.45) is 0. The molecule has 0 saturated carbocycles. The van der Waals surface area contributed by atoms with E-state index in [1.54, 1.807) is 48.4 Å². The number of methoxy groups -OCH3 is 1. The van der Waals surface area contributed by atoms with Gasteiger partial charge in [-0.3, -0.25) is 14.1 Å². The highest BCUT2D eigenvalue weighted by Crippen LogP contribution is 2.18. The molecule has 1 saturated heterocycles. The first-order valence-electron chi connectivity index (χ1n) is 9.91. The second-order valence-electron chi connectivity index (χ2n) is 7.25. The van der Waals surface area contributed by atoms with Crippen LogP contribution in [0.5, 0.6) is 5.75 Å². The number of nitrogens with zero attached hydrogens (tertiary/aromatic N) is 3. The zero-order valence-electron chi connectivity index (χ0n) is 17.3. The molecule has 0 radical (unpaired) electrons. The van der Waals surface area contributed by atoms with Gasteiger partial charge in [-0.2, -0.15) is 0 Å². The lowest BCUT2D eigenvalue weighted by Gasteiger charge is -2.35. The molecule has 0 unspecified atom stereocenters. The maximum atomic E-state index is 13.1. The number of carbonyl (C=O) groups excluding carboxylic acids is 2. The third-order valence-electron chi connectivity index (χ3n) is 5.39. The van der Waals surface area contributed by atoms with Gasteiger partial charge in [0.15, 0.2) is 5.78 Å². The fraction of sp³-hybridized carbons (Fsp3) is 0.273. The molecule has 31 heavy (non-hydrogen) atoms. The number of carbonyl (C=O) groups is 2. The van der Waals surface area contributed by atoms with Gasteiger partial charge >= 0.3 is 17.2 Å². The summed E-state index contributed by atoms with van der Waals surface area (Å²) in [6.45, 7) is 3.68. The van der Waals surface area contributed by atoms with Gasteiger partial charge in [0.25, 0.3) is 0 Å². The Bertz CT molecular complexity index is 1140. The minimum Gasteiger partial charge on any atom is -0.497 e. The van der Waals surface area contributed by atoms with Crippen LogP contribution in [0.3, 0.4) is 0 Å². The van der Waals surface area contributed by atoms with Crippen LogP contribution in [0, 0.1) is 0 Å². The summed E-state index contributed by atoms with van der Waals surface area (Å²) >= 11 is 0. The molecule has 0 bridgehead atoms. The normalized spacial score (nSPS) is 13.9. The molecular formula is C22H23N4O5+. The van der Waals surface area contributed by atoms with E-state index in [1.807, 2.05) is 12.1 Å². The fourth-order valence-corrected chi connectivity index (χ4v) is 3.59. The number of ketones is 1. The number of nitrogens with one attached hydrogen (secondary N) is 1. The van der Waals surface area contributed by atoms with E-state index in [-0.39, 0.29) is 11.5 Å². The Morgan fingerprint density at radius 1 is 1.00 bits per heavy atom. The van der Waals surface area contributed by atoms with Crippen LogP contribution in [0.2, 0.25) is 0 Å². The summed E-state index contributed by atoms with van der Waals surface area (Å²) < 4.78 is 11.4. The molecule has 9 nitrogen and oxygen atoms in total. The van der Waals surface area contributed by atoms with E-state index < -0.39 is 11.5 Å². The molecule has 1 fully saturated rings. The van der Waals surface area contributed by atoms with Crippen LogP contribution in [0.1, 0.15) is 27.8 Å². The van der Waals surface area contributed by atoms with E-state index in [1.165, 1.54) is 11.6 Å². The number of H-pyrrole nitrogens is 1. The van der Waals surface area contributed by atoms with Gasteiger partial charge in [0, 0.05) is 49.6 Å². The molecule has 1 aliphatic heterocycles. The second-order valence-corrected chi connectivity index (χ2v) is 7.25. The summed E-state index contributed by atoms with van der Waals surface area (Å²) in [5.41, 5.74) is 1.44. The number of piperazine rings is 1. The Kier molecular flexibility index (Phi) is 5.57. The van der Waals surface area contributed by atoms with E-state index in [0.717, 1.165) is 5.69 Å². The smallest absolute Gasteiger partial charge is 0.441 e. The number of hydrogen-bond acceptors (Lipinski definition) is 6. The second kappa shape index (κ2) is 8.47. The Hall–Kier alpha value is -3.88. The minimum absolute atomic E-state index is 0.0254. The lowest BCUT2D eigenvalue weighted by atomic mass is 10.1. The molecule has 160 valence electrons. The zero-order valence-corrected chi connectivity index (χ0v) is 17.3. The standard InChI is InChI=1S/C22H22N4O5/c1-15(27)16-3-5-17(6-4-16)24-11-13-25(14-12-24)21(28)20-22(29)31-23-26(20)18-7-9-19(30-2)10-8-18/h3-10H,11-14H2,1-2H3/p+1. The summed E-state index contributed by atoms with van der Waals surface area (Å²) in [6, 6.07) is 14.3. The topological polar surface area (TPSA) is 99.7 Å². The van der Waals surface area contributed by atoms with Crippen LogP contribution in [-0.2, 0) is 0 Å². The maximum Gasteiger partial charge on any atom is 0.441 e. The predicted molar refractivity (Wildman–Crippen MR) is 112 cm³/mol. The molecular weight excluding hydrogens is 400 g/mol. The van der Waals surface area contributed by atoms with Crippen molar-refractivity contribution in [3.63, 3.8) is 0 Å². The van der Waals surface area contributed by atoms with Crippen LogP contribution in [0.4, 0.5) is 5.69 Å². The van der Waals surface area contributed by atoms with Gasteiger partial charge in [0.1, 0.15) is 5.75 Å². The van der Waals surface area contributed by atoms with Gasteiger partial charge in [0.2, 0.25) is 5.69 Å². The highest BCUT2D eigenvalue weighted by Gasteiger charge is 2.35. The largest absolute Gasteiger partial charge is 0.497 e. The van der Waals surface area contributed by atoms with E-state index in [4.69, 9.17) is 9.26 Å². The zero-order chi connectivity index (χ0) is 22.0. The average molecular weight is 423 g/mol. The van der Waals surface area contributed by atoms with Crippen LogP contribution in [0.15, 0.2) is 57.8 Å². The lowest BCUT2D eigenvalue weighted by Crippen LogP contribution is -2.53. The molecule has 0 atom stereocenters. The lowest BCUT2D eigenvalue weighted by molar-refractivity contribution is -0.672. The van der Waals surface area contributed by atoms with Crippen molar-refractivity contribution in [3.05, 3.63) is 70.2 Å². The van der Waals surface area contributed by atoms with Gasteiger partial charge < -0.3 is 14.5 Å². The monoisotopic (exact) mass is 423 g/mol. The molecule has 0 aliphatic carbocycles. The van der Waals surface area contributed by atoms with Crippen molar-refractivity contribution in [3.8, 4) is 11.4 Å². The van der Waals surface area contributed by atoms with Gasteiger partial charge in [0.05, 0.1) is 7.11 Å². The first kappa shape index (κ1) is 20.4. The van der Waals surface area contributed by atoms with E-state index in [9.17, 15) is 14.4 Å².